The first-order chi connectivity index (χ1) is 8.99. The summed E-state index contributed by atoms with van der Waals surface area (Å²) < 4.78 is 13.2. The van der Waals surface area contributed by atoms with Crippen molar-refractivity contribution >= 4 is 34.7 Å². The number of halogens is 3. The summed E-state index contributed by atoms with van der Waals surface area (Å²) in [4.78, 5) is 8.09. The average molecular weight is 300 g/mol. The van der Waals surface area contributed by atoms with Gasteiger partial charge in [-0.25, -0.2) is 14.4 Å². The predicted octanol–water partition coefficient (Wildman–Crippen LogP) is 4.79. The molecule has 0 saturated carbocycles. The number of hydrogen-bond donors (Lipinski definition) is 1. The monoisotopic (exact) mass is 299 g/mol. The van der Waals surface area contributed by atoms with Crippen molar-refractivity contribution in [1.29, 1.82) is 0 Å². The van der Waals surface area contributed by atoms with E-state index in [-0.39, 0.29) is 11.7 Å². The van der Waals surface area contributed by atoms with E-state index in [4.69, 9.17) is 23.2 Å². The van der Waals surface area contributed by atoms with E-state index in [1.165, 1.54) is 24.5 Å². The summed E-state index contributed by atoms with van der Waals surface area (Å²) in [5.74, 6) is 0.282. The zero-order chi connectivity index (χ0) is 14.0. The fourth-order valence-corrected chi connectivity index (χ4v) is 2.22. The van der Waals surface area contributed by atoms with Crippen LogP contribution in [-0.4, -0.2) is 9.97 Å². The van der Waals surface area contributed by atoms with Crippen LogP contribution >= 0.6 is 23.2 Å². The normalized spacial score (nSPS) is 10.8. The van der Waals surface area contributed by atoms with E-state index < -0.39 is 0 Å². The summed E-state index contributed by atoms with van der Waals surface area (Å²) in [6.45, 7) is 3.95. The fraction of sp³-hybridized carbons (Fsp3) is 0.231. The second kappa shape index (κ2) is 5.72. The van der Waals surface area contributed by atoms with Gasteiger partial charge in [-0.15, -0.1) is 0 Å². The van der Waals surface area contributed by atoms with Crippen LogP contribution in [0.3, 0.4) is 0 Å². The lowest BCUT2D eigenvalue weighted by atomic mass is 10.1. The van der Waals surface area contributed by atoms with Gasteiger partial charge in [-0.05, 0) is 24.1 Å². The number of anilines is 2. The highest BCUT2D eigenvalue weighted by atomic mass is 35.5. The van der Waals surface area contributed by atoms with Crippen molar-refractivity contribution in [3.8, 4) is 0 Å². The summed E-state index contributed by atoms with van der Waals surface area (Å²) in [6, 6.07) is 4.09. The maximum absolute atomic E-state index is 13.2. The van der Waals surface area contributed by atoms with Gasteiger partial charge in [-0.3, -0.25) is 0 Å². The van der Waals surface area contributed by atoms with E-state index in [2.05, 4.69) is 15.3 Å². The van der Waals surface area contributed by atoms with Crippen molar-refractivity contribution < 1.29 is 4.39 Å². The molecule has 2 aromatic rings. The Morgan fingerprint density at radius 2 is 1.95 bits per heavy atom. The first-order valence-electron chi connectivity index (χ1n) is 5.71. The van der Waals surface area contributed by atoms with Crippen molar-refractivity contribution in [3.05, 3.63) is 46.1 Å². The minimum atomic E-state index is -0.377. The minimum Gasteiger partial charge on any atom is -0.339 e. The molecule has 100 valence electrons. The van der Waals surface area contributed by atoms with Gasteiger partial charge < -0.3 is 5.32 Å². The molecule has 1 N–H and O–H groups in total. The van der Waals surface area contributed by atoms with Crippen LogP contribution in [0, 0.1) is 5.82 Å². The molecule has 19 heavy (non-hydrogen) atoms. The highest BCUT2D eigenvalue weighted by Gasteiger charge is 2.14. The Bertz CT molecular complexity index is 602. The van der Waals surface area contributed by atoms with Crippen molar-refractivity contribution in [1.82, 2.24) is 9.97 Å². The topological polar surface area (TPSA) is 37.8 Å². The molecule has 1 aromatic heterocycles. The Morgan fingerprint density at radius 3 is 2.63 bits per heavy atom. The maximum atomic E-state index is 13.2. The van der Waals surface area contributed by atoms with Crippen molar-refractivity contribution in [2.45, 2.75) is 19.8 Å². The summed E-state index contributed by atoms with van der Waals surface area (Å²) in [6.07, 6.45) is 1.35. The molecular formula is C13H12Cl2FN3. The first-order valence-corrected chi connectivity index (χ1v) is 6.47. The van der Waals surface area contributed by atoms with E-state index in [0.717, 1.165) is 5.56 Å². The van der Waals surface area contributed by atoms with Gasteiger partial charge in [0, 0.05) is 5.56 Å². The standard InChI is InChI=1S/C13H12Cl2FN3/c1-7(2)11-12(15)17-6-18-13(11)19-10-5-8(16)3-4-9(10)14/h3-7H,1-2H3,(H,17,18,19). The fourth-order valence-electron chi connectivity index (χ4n) is 1.71. The molecule has 0 aliphatic rings. The molecule has 1 aromatic carbocycles. The van der Waals surface area contributed by atoms with Crippen LogP contribution in [0.1, 0.15) is 25.3 Å². The maximum Gasteiger partial charge on any atom is 0.138 e. The largest absolute Gasteiger partial charge is 0.339 e. The lowest BCUT2D eigenvalue weighted by Gasteiger charge is -2.15. The molecule has 3 nitrogen and oxygen atoms in total. The molecule has 0 fully saturated rings. The van der Waals surface area contributed by atoms with Gasteiger partial charge in [0.05, 0.1) is 10.7 Å². The third-order valence-electron chi connectivity index (χ3n) is 2.59. The minimum absolute atomic E-state index is 0.128. The van der Waals surface area contributed by atoms with Crippen LogP contribution in [0.4, 0.5) is 15.9 Å². The molecule has 0 unspecified atom stereocenters. The smallest absolute Gasteiger partial charge is 0.138 e. The highest BCUT2D eigenvalue weighted by Crippen LogP contribution is 2.32. The lowest BCUT2D eigenvalue weighted by molar-refractivity contribution is 0.628. The van der Waals surface area contributed by atoms with Gasteiger partial charge in [0.25, 0.3) is 0 Å². The molecule has 0 bridgehead atoms. The zero-order valence-corrected chi connectivity index (χ0v) is 11.9. The van der Waals surface area contributed by atoms with Gasteiger partial charge in [0.1, 0.15) is 23.1 Å². The van der Waals surface area contributed by atoms with Crippen LogP contribution in [0.15, 0.2) is 24.5 Å². The number of nitrogens with one attached hydrogen (secondary N) is 1. The number of aromatic nitrogens is 2. The van der Waals surface area contributed by atoms with E-state index in [1.54, 1.807) is 0 Å². The Balaban J connectivity index is 2.44. The molecule has 0 amide bonds. The molecule has 0 spiro atoms. The van der Waals surface area contributed by atoms with Crippen LogP contribution in [-0.2, 0) is 0 Å². The number of nitrogens with zero attached hydrogens (tertiary/aromatic N) is 2. The quantitative estimate of drug-likeness (QED) is 0.828. The molecule has 0 aliphatic carbocycles. The van der Waals surface area contributed by atoms with E-state index in [9.17, 15) is 4.39 Å². The van der Waals surface area contributed by atoms with Crippen LogP contribution in [0.25, 0.3) is 0 Å². The number of rotatable bonds is 3. The van der Waals surface area contributed by atoms with Crippen molar-refractivity contribution in [2.24, 2.45) is 0 Å². The molecule has 6 heteroatoms. The zero-order valence-electron chi connectivity index (χ0n) is 10.4. The summed E-state index contributed by atoms with van der Waals surface area (Å²) >= 11 is 12.1. The number of hydrogen-bond acceptors (Lipinski definition) is 3. The van der Waals surface area contributed by atoms with Crippen molar-refractivity contribution in [3.63, 3.8) is 0 Å². The van der Waals surface area contributed by atoms with Gasteiger partial charge >= 0.3 is 0 Å². The average Bonchev–Trinajstić information content (AvgIpc) is 2.33. The summed E-state index contributed by atoms with van der Waals surface area (Å²) in [5, 5.41) is 3.78. The Labute approximate surface area is 120 Å². The lowest BCUT2D eigenvalue weighted by Crippen LogP contribution is -2.03. The molecule has 0 saturated heterocycles. The second-order valence-corrected chi connectivity index (χ2v) is 5.10. The first kappa shape index (κ1) is 14.0. The Hall–Kier alpha value is -1.39. The van der Waals surface area contributed by atoms with Crippen LogP contribution in [0.2, 0.25) is 10.2 Å². The molecule has 2 rings (SSSR count). The summed E-state index contributed by atoms with van der Waals surface area (Å²) in [7, 11) is 0. The van der Waals surface area contributed by atoms with Crippen LogP contribution < -0.4 is 5.32 Å². The molecule has 0 aliphatic heterocycles. The molecular weight excluding hydrogens is 288 g/mol. The van der Waals surface area contributed by atoms with Gasteiger partial charge in [-0.2, -0.15) is 0 Å². The predicted molar refractivity (Wildman–Crippen MR) is 75.8 cm³/mol. The van der Waals surface area contributed by atoms with Gasteiger partial charge in [-0.1, -0.05) is 37.0 Å². The Morgan fingerprint density at radius 1 is 1.21 bits per heavy atom. The van der Waals surface area contributed by atoms with Gasteiger partial charge in [0.2, 0.25) is 0 Å². The summed E-state index contributed by atoms with van der Waals surface area (Å²) in [5.41, 5.74) is 1.21. The molecule has 1 heterocycles. The van der Waals surface area contributed by atoms with Crippen molar-refractivity contribution in [2.75, 3.05) is 5.32 Å². The van der Waals surface area contributed by atoms with E-state index in [1.807, 2.05) is 13.8 Å². The van der Waals surface area contributed by atoms with E-state index in [0.29, 0.717) is 21.7 Å². The SMILES string of the molecule is CC(C)c1c(Cl)ncnc1Nc1cc(F)ccc1Cl. The Kier molecular flexibility index (Phi) is 4.22. The number of benzene rings is 1. The van der Waals surface area contributed by atoms with E-state index >= 15 is 0 Å². The van der Waals surface area contributed by atoms with Crippen LogP contribution in [0.5, 0.6) is 0 Å². The van der Waals surface area contributed by atoms with Gasteiger partial charge in [0.15, 0.2) is 0 Å². The molecule has 0 radical (unpaired) electrons. The highest BCUT2D eigenvalue weighted by molar-refractivity contribution is 6.33. The third-order valence-corrected chi connectivity index (χ3v) is 3.22. The second-order valence-electron chi connectivity index (χ2n) is 4.33. The third kappa shape index (κ3) is 3.14. The molecule has 0 atom stereocenters.